The first-order valence-electron chi connectivity index (χ1n) is 9.64. The zero-order chi connectivity index (χ0) is 26.8. The summed E-state index contributed by atoms with van der Waals surface area (Å²) >= 11 is 0. The number of carbonyl (C=O) groups is 1. The smallest absolute Gasteiger partial charge is 0.288 e. The van der Waals surface area contributed by atoms with Crippen LogP contribution >= 0.6 is 0 Å². The van der Waals surface area contributed by atoms with Crippen LogP contribution < -0.4 is 5.48 Å². The SMILES string of the molecule is O=C(NO)c1ccc(CN(Cc2cccnc2)S(=O)(=O)c2cc(F)c(F)c(F)c2F)c(C(F)(F)F)c1. The molecule has 0 aliphatic carbocycles. The average molecular weight is 537 g/mol. The highest BCUT2D eigenvalue weighted by Crippen LogP contribution is 2.35. The molecule has 0 unspecified atom stereocenters. The molecule has 2 N–H and O–H groups in total. The normalized spacial score (nSPS) is 12.1. The summed E-state index contributed by atoms with van der Waals surface area (Å²) in [6.07, 6.45) is -2.67. The maximum atomic E-state index is 14.4. The van der Waals surface area contributed by atoms with Crippen molar-refractivity contribution in [3.05, 3.63) is 94.3 Å². The molecule has 15 heteroatoms. The third-order valence-electron chi connectivity index (χ3n) is 4.89. The average Bonchev–Trinajstić information content (AvgIpc) is 2.84. The predicted octanol–water partition coefficient (Wildman–Crippen LogP) is 4.17. The van der Waals surface area contributed by atoms with Crippen LogP contribution in [-0.2, 0) is 29.3 Å². The number of nitrogens with zero attached hydrogens (tertiary/aromatic N) is 2. The highest BCUT2D eigenvalue weighted by molar-refractivity contribution is 7.89. The minimum Gasteiger partial charge on any atom is -0.288 e. The number of carbonyl (C=O) groups excluding carboxylic acids is 1. The molecule has 192 valence electrons. The number of sulfonamides is 1. The van der Waals surface area contributed by atoms with E-state index in [1.807, 2.05) is 0 Å². The number of halogens is 7. The van der Waals surface area contributed by atoms with Crippen LogP contribution in [0.25, 0.3) is 0 Å². The molecule has 2 aromatic carbocycles. The number of hydroxylamine groups is 1. The van der Waals surface area contributed by atoms with Crippen molar-refractivity contribution in [2.45, 2.75) is 24.2 Å². The van der Waals surface area contributed by atoms with Gasteiger partial charge in [0.25, 0.3) is 5.91 Å². The maximum Gasteiger partial charge on any atom is 0.416 e. The summed E-state index contributed by atoms with van der Waals surface area (Å²) in [5.41, 5.74) is -1.57. The van der Waals surface area contributed by atoms with Gasteiger partial charge in [-0.15, -0.1) is 0 Å². The number of rotatable bonds is 7. The Bertz CT molecular complexity index is 1400. The minimum absolute atomic E-state index is 0.106. The first kappa shape index (κ1) is 27.0. The summed E-state index contributed by atoms with van der Waals surface area (Å²) in [4.78, 5) is 13.7. The largest absolute Gasteiger partial charge is 0.416 e. The van der Waals surface area contributed by atoms with Gasteiger partial charge in [-0.25, -0.2) is 31.5 Å². The fourth-order valence-electron chi connectivity index (χ4n) is 3.17. The molecule has 0 atom stereocenters. The van der Waals surface area contributed by atoms with Crippen molar-refractivity contribution < 1.29 is 49.2 Å². The van der Waals surface area contributed by atoms with Crippen LogP contribution in [-0.4, -0.2) is 28.8 Å². The van der Waals surface area contributed by atoms with Crippen molar-refractivity contribution in [2.24, 2.45) is 0 Å². The second-order valence-corrected chi connectivity index (χ2v) is 9.15. The van der Waals surface area contributed by atoms with E-state index in [0.717, 1.165) is 23.8 Å². The lowest BCUT2D eigenvalue weighted by Gasteiger charge is -2.25. The van der Waals surface area contributed by atoms with Gasteiger partial charge in [0.05, 0.1) is 5.56 Å². The molecule has 0 bridgehead atoms. The van der Waals surface area contributed by atoms with E-state index in [2.05, 4.69) is 4.98 Å². The fourth-order valence-corrected chi connectivity index (χ4v) is 4.65. The lowest BCUT2D eigenvalue weighted by molar-refractivity contribution is -0.138. The summed E-state index contributed by atoms with van der Waals surface area (Å²) in [6.45, 7) is -1.85. The number of amides is 1. The van der Waals surface area contributed by atoms with Crippen molar-refractivity contribution in [3.63, 3.8) is 0 Å². The zero-order valence-corrected chi connectivity index (χ0v) is 18.5. The van der Waals surface area contributed by atoms with Gasteiger partial charge in [-0.05, 0) is 29.3 Å². The molecule has 0 aliphatic rings. The van der Waals surface area contributed by atoms with E-state index in [-0.39, 0.29) is 15.9 Å². The molecule has 36 heavy (non-hydrogen) atoms. The first-order chi connectivity index (χ1) is 16.8. The minimum atomic E-state index is -5.29. The van der Waals surface area contributed by atoms with E-state index in [0.29, 0.717) is 6.07 Å². The molecule has 1 amide bonds. The number of pyridine rings is 1. The summed E-state index contributed by atoms with van der Waals surface area (Å²) in [6, 6.07) is 4.49. The molecule has 0 aliphatic heterocycles. The summed E-state index contributed by atoms with van der Waals surface area (Å²) < 4.78 is 123. The Morgan fingerprint density at radius 1 is 1.00 bits per heavy atom. The van der Waals surface area contributed by atoms with Crippen molar-refractivity contribution >= 4 is 15.9 Å². The van der Waals surface area contributed by atoms with E-state index < -0.39 is 80.1 Å². The molecule has 1 heterocycles. The lowest BCUT2D eigenvalue weighted by Crippen LogP contribution is -2.32. The first-order valence-corrected chi connectivity index (χ1v) is 11.1. The van der Waals surface area contributed by atoms with E-state index >= 15 is 0 Å². The number of aromatic nitrogens is 1. The Labute approximate surface area is 198 Å². The molecule has 0 fully saturated rings. The third-order valence-corrected chi connectivity index (χ3v) is 6.69. The predicted molar refractivity (Wildman–Crippen MR) is 108 cm³/mol. The molecule has 3 rings (SSSR count). The highest BCUT2D eigenvalue weighted by atomic mass is 32.2. The molecule has 0 saturated carbocycles. The molecule has 7 nitrogen and oxygen atoms in total. The van der Waals surface area contributed by atoms with Crippen LogP contribution in [0, 0.1) is 23.3 Å². The van der Waals surface area contributed by atoms with E-state index in [1.54, 1.807) is 0 Å². The van der Waals surface area contributed by atoms with Gasteiger partial charge in [0.1, 0.15) is 4.90 Å². The van der Waals surface area contributed by atoms with Gasteiger partial charge in [-0.2, -0.15) is 17.5 Å². The van der Waals surface area contributed by atoms with Gasteiger partial charge in [-0.1, -0.05) is 12.1 Å². The Morgan fingerprint density at radius 2 is 1.69 bits per heavy atom. The summed E-state index contributed by atoms with van der Waals surface area (Å²) in [5, 5.41) is 8.69. The topological polar surface area (TPSA) is 99.6 Å². The van der Waals surface area contributed by atoms with Crippen LogP contribution in [0.3, 0.4) is 0 Å². The van der Waals surface area contributed by atoms with Crippen LogP contribution in [0.5, 0.6) is 0 Å². The van der Waals surface area contributed by atoms with Gasteiger partial charge < -0.3 is 0 Å². The second kappa shape index (κ2) is 10.2. The number of hydrogen-bond acceptors (Lipinski definition) is 5. The van der Waals surface area contributed by atoms with Crippen molar-refractivity contribution in [3.8, 4) is 0 Å². The standard InChI is InChI=1S/C21H14F7N3O4S/c22-15-7-16(18(24)19(25)17(15)23)36(34,35)31(9-11-2-1-5-29-8-11)10-13-4-3-12(20(32)30-33)6-14(13)21(26,27)28/h1-8,33H,9-10H2,(H,30,32). The van der Waals surface area contributed by atoms with E-state index in [4.69, 9.17) is 5.21 Å². The van der Waals surface area contributed by atoms with Gasteiger partial charge in [0, 0.05) is 37.1 Å². The highest BCUT2D eigenvalue weighted by Gasteiger charge is 2.37. The second-order valence-electron chi connectivity index (χ2n) is 7.24. The maximum absolute atomic E-state index is 14.4. The fraction of sp³-hybridized carbons (Fsp3) is 0.143. The summed E-state index contributed by atoms with van der Waals surface area (Å²) in [7, 11) is -5.29. The third kappa shape index (κ3) is 5.47. The monoisotopic (exact) mass is 537 g/mol. The molecule has 0 saturated heterocycles. The van der Waals surface area contributed by atoms with Crippen LogP contribution in [0.2, 0.25) is 0 Å². The van der Waals surface area contributed by atoms with Crippen molar-refractivity contribution in [1.82, 2.24) is 14.8 Å². The van der Waals surface area contributed by atoms with Gasteiger partial charge in [0.2, 0.25) is 10.0 Å². The summed E-state index contributed by atoms with van der Waals surface area (Å²) in [5.74, 6) is -10.3. The van der Waals surface area contributed by atoms with Crippen LogP contribution in [0.1, 0.15) is 27.0 Å². The number of hydrogen-bond donors (Lipinski definition) is 2. The Balaban J connectivity index is 2.18. The lowest BCUT2D eigenvalue weighted by atomic mass is 10.0. The van der Waals surface area contributed by atoms with Gasteiger partial charge >= 0.3 is 6.18 Å². The number of nitrogens with one attached hydrogen (secondary N) is 1. The van der Waals surface area contributed by atoms with Crippen LogP contribution in [0.15, 0.2) is 53.7 Å². The zero-order valence-electron chi connectivity index (χ0n) is 17.7. The molecule has 0 spiro atoms. The quantitative estimate of drug-likeness (QED) is 0.155. The Hall–Kier alpha value is -3.56. The molecular weight excluding hydrogens is 523 g/mol. The van der Waals surface area contributed by atoms with Crippen molar-refractivity contribution in [1.29, 1.82) is 0 Å². The van der Waals surface area contributed by atoms with E-state index in [1.165, 1.54) is 18.3 Å². The number of benzene rings is 2. The molecular formula is C21H14F7N3O4S. The number of alkyl halides is 3. The van der Waals surface area contributed by atoms with Gasteiger partial charge in [-0.3, -0.25) is 15.0 Å². The molecule has 3 aromatic rings. The molecule has 0 radical (unpaired) electrons. The van der Waals surface area contributed by atoms with Crippen molar-refractivity contribution in [2.75, 3.05) is 0 Å². The Kier molecular flexibility index (Phi) is 7.66. The Morgan fingerprint density at radius 3 is 2.28 bits per heavy atom. The van der Waals surface area contributed by atoms with Crippen LogP contribution in [0.4, 0.5) is 30.7 Å². The van der Waals surface area contributed by atoms with E-state index in [9.17, 15) is 43.9 Å². The van der Waals surface area contributed by atoms with Gasteiger partial charge in [0.15, 0.2) is 23.3 Å². The molecule has 1 aromatic heterocycles.